The van der Waals surface area contributed by atoms with Gasteiger partial charge in [0.15, 0.2) is 6.23 Å². The summed E-state index contributed by atoms with van der Waals surface area (Å²) >= 11 is 0. The summed E-state index contributed by atoms with van der Waals surface area (Å²) in [5.74, 6) is 0.834. The lowest BCUT2D eigenvalue weighted by Crippen LogP contribution is -2.26. The minimum absolute atomic E-state index is 0.651. The van der Waals surface area contributed by atoms with E-state index in [0.29, 0.717) is 5.56 Å². The maximum Gasteiger partial charge on any atom is 0.208 e. The Morgan fingerprint density at radius 3 is 2.91 bits per heavy atom. The SMILES string of the molecule is ONC(O)c1ccc2c(c1)CCCN2c1nc2ccccc2[nH]1. The molecular formula is C17H18N4O2. The highest BCUT2D eigenvalue weighted by atomic mass is 16.5. The first kappa shape index (κ1) is 14.2. The van der Waals surface area contributed by atoms with Crippen LogP contribution in [0.15, 0.2) is 42.5 Å². The molecule has 0 radical (unpaired) electrons. The fourth-order valence-corrected chi connectivity index (χ4v) is 3.15. The Balaban J connectivity index is 1.75. The van der Waals surface area contributed by atoms with Crippen LogP contribution in [0.2, 0.25) is 0 Å². The number of benzene rings is 2. The molecule has 1 aliphatic rings. The quantitative estimate of drug-likeness (QED) is 0.441. The summed E-state index contributed by atoms with van der Waals surface area (Å²) in [5, 5.41) is 18.6. The highest BCUT2D eigenvalue weighted by molar-refractivity contribution is 5.79. The van der Waals surface area contributed by atoms with Crippen molar-refractivity contribution in [1.82, 2.24) is 15.4 Å². The minimum atomic E-state index is -1.07. The Morgan fingerprint density at radius 1 is 1.22 bits per heavy atom. The number of aryl methyl sites for hydroxylation is 1. The molecule has 6 nitrogen and oxygen atoms in total. The second kappa shape index (κ2) is 5.66. The lowest BCUT2D eigenvalue weighted by atomic mass is 9.99. The number of aromatic amines is 1. The molecule has 1 aliphatic heterocycles. The summed E-state index contributed by atoms with van der Waals surface area (Å²) in [4.78, 5) is 10.2. The molecule has 2 aromatic carbocycles. The molecule has 4 N–H and O–H groups in total. The number of nitrogens with zero attached hydrogens (tertiary/aromatic N) is 2. The van der Waals surface area contributed by atoms with Gasteiger partial charge in [0.1, 0.15) is 0 Å². The zero-order chi connectivity index (χ0) is 15.8. The first-order chi connectivity index (χ1) is 11.3. The van der Waals surface area contributed by atoms with Crippen molar-refractivity contribution in [1.29, 1.82) is 0 Å². The van der Waals surface area contributed by atoms with E-state index < -0.39 is 6.23 Å². The van der Waals surface area contributed by atoms with Gasteiger partial charge in [0.25, 0.3) is 0 Å². The summed E-state index contributed by atoms with van der Waals surface area (Å²) in [6, 6.07) is 13.7. The zero-order valence-corrected chi connectivity index (χ0v) is 12.5. The number of nitrogens with one attached hydrogen (secondary N) is 2. The van der Waals surface area contributed by atoms with E-state index >= 15 is 0 Å². The van der Waals surface area contributed by atoms with Gasteiger partial charge in [-0.25, -0.2) is 4.98 Å². The Labute approximate surface area is 133 Å². The van der Waals surface area contributed by atoms with E-state index in [-0.39, 0.29) is 0 Å². The number of para-hydroxylation sites is 2. The minimum Gasteiger partial charge on any atom is -0.372 e. The molecule has 1 unspecified atom stereocenters. The molecule has 1 atom stereocenters. The molecular weight excluding hydrogens is 292 g/mol. The van der Waals surface area contributed by atoms with E-state index in [2.05, 4.69) is 14.9 Å². The fraction of sp³-hybridized carbons (Fsp3) is 0.235. The van der Waals surface area contributed by atoms with Gasteiger partial charge in [-0.2, -0.15) is 5.48 Å². The number of hydroxylamine groups is 1. The summed E-state index contributed by atoms with van der Waals surface area (Å²) < 4.78 is 0. The topological polar surface area (TPSA) is 84.4 Å². The molecule has 0 bridgehead atoms. The Bertz CT molecular complexity index is 812. The molecule has 2 heterocycles. The predicted octanol–water partition coefficient (Wildman–Crippen LogP) is 2.62. The van der Waals surface area contributed by atoms with Crippen LogP contribution in [-0.4, -0.2) is 26.8 Å². The molecule has 0 saturated carbocycles. The summed E-state index contributed by atoms with van der Waals surface area (Å²) in [7, 11) is 0. The van der Waals surface area contributed by atoms with E-state index in [1.807, 2.05) is 47.9 Å². The summed E-state index contributed by atoms with van der Waals surface area (Å²) in [6.45, 7) is 0.896. The normalized spacial score (nSPS) is 15.7. The summed E-state index contributed by atoms with van der Waals surface area (Å²) in [5.41, 5.74) is 6.72. The molecule has 1 aromatic heterocycles. The molecule has 23 heavy (non-hydrogen) atoms. The van der Waals surface area contributed by atoms with E-state index in [1.54, 1.807) is 0 Å². The van der Waals surface area contributed by atoms with Gasteiger partial charge in [-0.1, -0.05) is 18.2 Å². The van der Waals surface area contributed by atoms with Gasteiger partial charge in [-0.3, -0.25) is 0 Å². The number of rotatable bonds is 3. The van der Waals surface area contributed by atoms with Gasteiger partial charge >= 0.3 is 0 Å². The monoisotopic (exact) mass is 310 g/mol. The van der Waals surface area contributed by atoms with Crippen LogP contribution in [0.1, 0.15) is 23.8 Å². The summed E-state index contributed by atoms with van der Waals surface area (Å²) in [6.07, 6.45) is 0.885. The average molecular weight is 310 g/mol. The van der Waals surface area contributed by atoms with E-state index in [1.165, 1.54) is 0 Å². The van der Waals surface area contributed by atoms with Crippen molar-refractivity contribution in [3.63, 3.8) is 0 Å². The average Bonchev–Trinajstić information content (AvgIpc) is 3.04. The van der Waals surface area contributed by atoms with Crippen LogP contribution in [0, 0.1) is 0 Å². The third-order valence-electron chi connectivity index (χ3n) is 4.29. The van der Waals surface area contributed by atoms with Gasteiger partial charge in [0.2, 0.25) is 5.95 Å². The second-order valence-electron chi connectivity index (χ2n) is 5.75. The van der Waals surface area contributed by atoms with Gasteiger partial charge in [0, 0.05) is 12.2 Å². The Hall–Kier alpha value is -2.41. The number of aromatic nitrogens is 2. The second-order valence-corrected chi connectivity index (χ2v) is 5.75. The lowest BCUT2D eigenvalue weighted by molar-refractivity contribution is 0.000664. The highest BCUT2D eigenvalue weighted by Crippen LogP contribution is 2.34. The lowest BCUT2D eigenvalue weighted by Gasteiger charge is -2.29. The van der Waals surface area contributed by atoms with Crippen molar-refractivity contribution in [3.8, 4) is 0 Å². The number of hydrogen-bond acceptors (Lipinski definition) is 5. The number of fused-ring (bicyclic) bond motifs is 2. The van der Waals surface area contributed by atoms with E-state index in [9.17, 15) is 5.11 Å². The maximum atomic E-state index is 9.72. The van der Waals surface area contributed by atoms with Crippen molar-refractivity contribution in [2.24, 2.45) is 0 Å². The van der Waals surface area contributed by atoms with Gasteiger partial charge in [-0.05, 0) is 48.2 Å². The van der Waals surface area contributed by atoms with Crippen molar-refractivity contribution in [3.05, 3.63) is 53.6 Å². The third-order valence-corrected chi connectivity index (χ3v) is 4.29. The van der Waals surface area contributed by atoms with Crippen molar-refractivity contribution in [2.75, 3.05) is 11.4 Å². The smallest absolute Gasteiger partial charge is 0.208 e. The van der Waals surface area contributed by atoms with Crippen LogP contribution < -0.4 is 10.4 Å². The van der Waals surface area contributed by atoms with Gasteiger partial charge in [-0.15, -0.1) is 0 Å². The van der Waals surface area contributed by atoms with Gasteiger partial charge in [0.05, 0.1) is 11.0 Å². The van der Waals surface area contributed by atoms with Crippen LogP contribution in [0.3, 0.4) is 0 Å². The van der Waals surface area contributed by atoms with E-state index in [0.717, 1.165) is 47.6 Å². The number of hydrogen-bond donors (Lipinski definition) is 4. The van der Waals surface area contributed by atoms with Crippen LogP contribution in [0.5, 0.6) is 0 Å². The molecule has 0 aliphatic carbocycles. The number of aliphatic hydroxyl groups excluding tert-OH is 1. The van der Waals surface area contributed by atoms with Crippen molar-refractivity contribution >= 4 is 22.7 Å². The number of anilines is 2. The highest BCUT2D eigenvalue weighted by Gasteiger charge is 2.22. The maximum absolute atomic E-state index is 9.72. The van der Waals surface area contributed by atoms with Crippen molar-refractivity contribution < 1.29 is 10.3 Å². The molecule has 4 rings (SSSR count). The van der Waals surface area contributed by atoms with Crippen LogP contribution >= 0.6 is 0 Å². The first-order valence-electron chi connectivity index (χ1n) is 7.69. The standard InChI is InChI=1S/C17H18N4O2/c22-16(20-23)12-7-8-15-11(10-12)4-3-9-21(15)17-18-13-5-1-2-6-14(13)19-17/h1-2,5-8,10,16,20,22-23H,3-4,9H2,(H,18,19). The molecule has 0 saturated heterocycles. The van der Waals surface area contributed by atoms with Crippen LogP contribution in [0.25, 0.3) is 11.0 Å². The molecule has 0 amide bonds. The third kappa shape index (κ3) is 2.46. The Kier molecular flexibility index (Phi) is 3.49. The number of H-pyrrole nitrogens is 1. The molecule has 0 spiro atoms. The predicted molar refractivity (Wildman–Crippen MR) is 87.7 cm³/mol. The van der Waals surface area contributed by atoms with Gasteiger partial charge < -0.3 is 20.2 Å². The first-order valence-corrected chi connectivity index (χ1v) is 7.69. The Morgan fingerprint density at radius 2 is 2.09 bits per heavy atom. The number of imidazole rings is 1. The molecule has 3 aromatic rings. The number of aliphatic hydroxyl groups is 1. The van der Waals surface area contributed by atoms with E-state index in [4.69, 9.17) is 5.21 Å². The largest absolute Gasteiger partial charge is 0.372 e. The molecule has 0 fully saturated rings. The van der Waals surface area contributed by atoms with Crippen molar-refractivity contribution in [2.45, 2.75) is 19.1 Å². The fourth-order valence-electron chi connectivity index (χ4n) is 3.15. The zero-order valence-electron chi connectivity index (χ0n) is 12.5. The van der Waals surface area contributed by atoms with Crippen LogP contribution in [-0.2, 0) is 6.42 Å². The molecule has 6 heteroatoms. The van der Waals surface area contributed by atoms with Crippen LogP contribution in [0.4, 0.5) is 11.6 Å². The molecule has 118 valence electrons.